The third kappa shape index (κ3) is 2.49. The molecule has 0 aliphatic heterocycles. The van der Waals surface area contributed by atoms with Gasteiger partial charge in [-0.15, -0.1) is 0 Å². The monoisotopic (exact) mass is 285 g/mol. The van der Waals surface area contributed by atoms with Crippen molar-refractivity contribution < 1.29 is 0 Å². The molecule has 7 nitrogen and oxygen atoms in total. The van der Waals surface area contributed by atoms with Crippen LogP contribution >= 0.6 is 0 Å². The van der Waals surface area contributed by atoms with Gasteiger partial charge in [0.2, 0.25) is 0 Å². The van der Waals surface area contributed by atoms with Gasteiger partial charge in [-0.25, -0.2) is 9.78 Å². The Morgan fingerprint density at radius 2 is 2.00 bits per heavy atom. The molecule has 3 aromatic rings. The number of hydrogen-bond acceptors (Lipinski definition) is 4. The van der Waals surface area contributed by atoms with Gasteiger partial charge in [-0.1, -0.05) is 0 Å². The minimum Gasteiger partial charge on any atom is -0.328 e. The lowest BCUT2D eigenvalue weighted by Gasteiger charge is -2.05. The number of nitrogens with one attached hydrogen (secondary N) is 1. The predicted octanol–water partition coefficient (Wildman–Crippen LogP) is 0.451. The van der Waals surface area contributed by atoms with Crippen LogP contribution in [0.3, 0.4) is 0 Å². The summed E-state index contributed by atoms with van der Waals surface area (Å²) in [5.74, 6) is 0. The second-order valence-electron chi connectivity index (χ2n) is 4.90. The molecule has 0 atom stereocenters. The van der Waals surface area contributed by atoms with E-state index in [9.17, 15) is 9.59 Å². The fourth-order valence-corrected chi connectivity index (χ4v) is 2.36. The van der Waals surface area contributed by atoms with Crippen LogP contribution in [0.15, 0.2) is 40.4 Å². The highest BCUT2D eigenvalue weighted by Gasteiger charge is 2.11. The molecule has 0 radical (unpaired) electrons. The van der Waals surface area contributed by atoms with Gasteiger partial charge in [0.05, 0.1) is 6.33 Å². The van der Waals surface area contributed by atoms with Crippen LogP contribution in [0.2, 0.25) is 0 Å². The Morgan fingerprint density at radius 1 is 1.24 bits per heavy atom. The Balaban J connectivity index is 1.85. The van der Waals surface area contributed by atoms with E-state index in [1.54, 1.807) is 24.0 Å². The zero-order valence-electron chi connectivity index (χ0n) is 11.6. The van der Waals surface area contributed by atoms with Crippen LogP contribution in [-0.2, 0) is 20.0 Å². The van der Waals surface area contributed by atoms with Gasteiger partial charge in [0.15, 0.2) is 11.2 Å². The van der Waals surface area contributed by atoms with Crippen molar-refractivity contribution in [3.63, 3.8) is 0 Å². The highest BCUT2D eigenvalue weighted by molar-refractivity contribution is 5.68. The smallest absolute Gasteiger partial charge is 0.328 e. The van der Waals surface area contributed by atoms with E-state index >= 15 is 0 Å². The maximum Gasteiger partial charge on any atom is 0.330 e. The van der Waals surface area contributed by atoms with Crippen molar-refractivity contribution in [1.82, 2.24) is 24.1 Å². The Kier molecular flexibility index (Phi) is 3.39. The molecule has 0 unspecified atom stereocenters. The molecule has 7 heteroatoms. The molecule has 0 aromatic carbocycles. The summed E-state index contributed by atoms with van der Waals surface area (Å²) < 4.78 is 2.85. The van der Waals surface area contributed by atoms with Crippen molar-refractivity contribution in [2.75, 3.05) is 0 Å². The molecule has 0 amide bonds. The van der Waals surface area contributed by atoms with Crippen molar-refractivity contribution in [3.05, 3.63) is 57.3 Å². The minimum absolute atomic E-state index is 0.302. The van der Waals surface area contributed by atoms with E-state index in [0.29, 0.717) is 24.1 Å². The Hall–Kier alpha value is -2.70. The highest BCUT2D eigenvalue weighted by Crippen LogP contribution is 2.03. The Bertz CT molecular complexity index is 876. The van der Waals surface area contributed by atoms with Crippen molar-refractivity contribution in [3.8, 4) is 0 Å². The molecule has 21 heavy (non-hydrogen) atoms. The topological polar surface area (TPSA) is 85.6 Å². The van der Waals surface area contributed by atoms with Crippen LogP contribution in [0.1, 0.15) is 12.0 Å². The number of nitrogens with zero attached hydrogens (tertiary/aromatic N) is 4. The normalized spacial score (nSPS) is 11.1. The molecule has 3 heterocycles. The average molecular weight is 285 g/mol. The van der Waals surface area contributed by atoms with E-state index in [0.717, 1.165) is 12.0 Å². The van der Waals surface area contributed by atoms with Gasteiger partial charge in [0.1, 0.15) is 0 Å². The third-order valence-corrected chi connectivity index (χ3v) is 3.45. The molecule has 1 N–H and O–H groups in total. The number of aromatic amines is 1. The van der Waals surface area contributed by atoms with Crippen LogP contribution in [0, 0.1) is 0 Å². The van der Waals surface area contributed by atoms with Crippen molar-refractivity contribution in [1.29, 1.82) is 0 Å². The van der Waals surface area contributed by atoms with Crippen LogP contribution in [-0.4, -0.2) is 24.1 Å². The molecule has 0 bridgehead atoms. The largest absolute Gasteiger partial charge is 0.330 e. The van der Waals surface area contributed by atoms with Gasteiger partial charge in [-0.05, 0) is 30.5 Å². The first-order chi connectivity index (χ1) is 10.2. The number of pyridine rings is 1. The number of H-pyrrole nitrogens is 1. The Morgan fingerprint density at radius 3 is 2.76 bits per heavy atom. The molecule has 0 spiro atoms. The van der Waals surface area contributed by atoms with Gasteiger partial charge >= 0.3 is 5.69 Å². The Labute approximate surface area is 119 Å². The summed E-state index contributed by atoms with van der Waals surface area (Å²) in [5, 5.41) is 0. The second kappa shape index (κ2) is 5.35. The molecule has 108 valence electrons. The molecular weight excluding hydrogens is 270 g/mol. The van der Waals surface area contributed by atoms with Gasteiger partial charge in [-0.2, -0.15) is 0 Å². The standard InChI is InChI=1S/C14H15N5O2/c1-18-9-16-12-11(18)13(20)19(14(21)17-12)8-2-3-10-4-6-15-7-5-10/h4-7,9H,2-3,8H2,1H3,(H,17,21). The van der Waals surface area contributed by atoms with Crippen LogP contribution in [0.5, 0.6) is 0 Å². The van der Waals surface area contributed by atoms with E-state index in [1.165, 1.54) is 10.9 Å². The van der Waals surface area contributed by atoms with Crippen LogP contribution < -0.4 is 11.2 Å². The van der Waals surface area contributed by atoms with E-state index in [1.807, 2.05) is 12.1 Å². The molecule has 0 aliphatic rings. The van der Waals surface area contributed by atoms with Crippen LogP contribution in [0.25, 0.3) is 11.2 Å². The minimum atomic E-state index is -0.416. The summed E-state index contributed by atoms with van der Waals surface area (Å²) in [7, 11) is 1.73. The first-order valence-electron chi connectivity index (χ1n) is 6.70. The summed E-state index contributed by atoms with van der Waals surface area (Å²) >= 11 is 0. The number of hydrogen-bond donors (Lipinski definition) is 1. The van der Waals surface area contributed by atoms with E-state index in [4.69, 9.17) is 0 Å². The maximum absolute atomic E-state index is 12.3. The summed E-state index contributed by atoms with van der Waals surface area (Å²) in [6.45, 7) is 0.373. The third-order valence-electron chi connectivity index (χ3n) is 3.45. The molecule has 0 aliphatic carbocycles. The number of fused-ring (bicyclic) bond motifs is 1. The molecule has 0 fully saturated rings. The SMILES string of the molecule is Cn1cnc2[nH]c(=O)n(CCCc3ccncc3)c(=O)c21. The van der Waals surface area contributed by atoms with Gasteiger partial charge in [0.25, 0.3) is 5.56 Å². The fraction of sp³-hybridized carbons (Fsp3) is 0.286. The molecular formula is C14H15N5O2. The maximum atomic E-state index is 12.3. The summed E-state index contributed by atoms with van der Waals surface area (Å²) in [6.07, 6.45) is 6.48. The average Bonchev–Trinajstić information content (AvgIpc) is 2.85. The molecule has 0 saturated heterocycles. The van der Waals surface area contributed by atoms with E-state index in [-0.39, 0.29) is 5.56 Å². The second-order valence-corrected chi connectivity index (χ2v) is 4.90. The summed E-state index contributed by atoms with van der Waals surface area (Å²) in [5.41, 5.74) is 1.16. The number of aryl methyl sites for hydroxylation is 2. The van der Waals surface area contributed by atoms with Crippen molar-refractivity contribution in [2.24, 2.45) is 7.05 Å². The lowest BCUT2D eigenvalue weighted by molar-refractivity contribution is 0.594. The highest BCUT2D eigenvalue weighted by atomic mass is 16.2. The van der Waals surface area contributed by atoms with Gasteiger partial charge in [0, 0.05) is 26.0 Å². The summed E-state index contributed by atoms with van der Waals surface area (Å²) in [4.78, 5) is 34.9. The predicted molar refractivity (Wildman–Crippen MR) is 78.2 cm³/mol. The van der Waals surface area contributed by atoms with Crippen molar-refractivity contribution in [2.45, 2.75) is 19.4 Å². The molecule has 0 saturated carbocycles. The first kappa shape index (κ1) is 13.3. The molecule has 3 rings (SSSR count). The quantitative estimate of drug-likeness (QED) is 0.754. The molecule has 3 aromatic heterocycles. The number of rotatable bonds is 4. The zero-order chi connectivity index (χ0) is 14.8. The fourth-order valence-electron chi connectivity index (χ4n) is 2.36. The van der Waals surface area contributed by atoms with Crippen molar-refractivity contribution >= 4 is 11.2 Å². The number of imidazole rings is 1. The van der Waals surface area contributed by atoms with E-state index in [2.05, 4.69) is 15.0 Å². The van der Waals surface area contributed by atoms with Gasteiger partial charge < -0.3 is 4.57 Å². The van der Waals surface area contributed by atoms with Crippen LogP contribution in [0.4, 0.5) is 0 Å². The number of aromatic nitrogens is 5. The zero-order valence-corrected chi connectivity index (χ0v) is 11.6. The lowest BCUT2D eigenvalue weighted by atomic mass is 10.1. The van der Waals surface area contributed by atoms with E-state index < -0.39 is 5.69 Å². The first-order valence-corrected chi connectivity index (χ1v) is 6.70. The summed E-state index contributed by atoms with van der Waals surface area (Å²) in [6, 6.07) is 3.86. The lowest BCUT2D eigenvalue weighted by Crippen LogP contribution is -2.35. The van der Waals surface area contributed by atoms with Gasteiger partial charge in [-0.3, -0.25) is 19.3 Å².